The molecule has 0 aromatic rings. The van der Waals surface area contributed by atoms with Crippen molar-refractivity contribution in [3.63, 3.8) is 0 Å². The summed E-state index contributed by atoms with van der Waals surface area (Å²) in [4.78, 5) is 14.1. The van der Waals surface area contributed by atoms with E-state index in [1.54, 1.807) is 0 Å². The van der Waals surface area contributed by atoms with Crippen molar-refractivity contribution in [1.82, 2.24) is 10.2 Å². The largest absolute Gasteiger partial charge is 0.444 e. The maximum atomic E-state index is 12.2. The number of rotatable bonds is 6. The van der Waals surface area contributed by atoms with Crippen LogP contribution in [0.4, 0.5) is 4.79 Å². The Morgan fingerprint density at radius 2 is 2.15 bits per heavy atom. The van der Waals surface area contributed by atoms with Gasteiger partial charge in [-0.15, -0.1) is 0 Å². The van der Waals surface area contributed by atoms with Gasteiger partial charge in [-0.25, -0.2) is 4.79 Å². The third-order valence-corrected chi connectivity index (χ3v) is 3.70. The smallest absolute Gasteiger partial charge is 0.410 e. The molecule has 0 bridgehead atoms. The maximum absolute atomic E-state index is 12.2. The molecule has 0 aromatic carbocycles. The molecule has 1 fully saturated rings. The van der Waals surface area contributed by atoms with Crippen molar-refractivity contribution < 1.29 is 9.53 Å². The van der Waals surface area contributed by atoms with Crippen LogP contribution in [0.3, 0.4) is 0 Å². The third-order valence-electron chi connectivity index (χ3n) is 3.70. The number of amides is 1. The van der Waals surface area contributed by atoms with E-state index in [9.17, 15) is 4.79 Å². The highest BCUT2D eigenvalue weighted by Crippen LogP contribution is 2.22. The predicted octanol–water partition coefficient (Wildman–Crippen LogP) is 3.55. The Hall–Kier alpha value is -0.770. The van der Waals surface area contributed by atoms with Crippen LogP contribution in [-0.2, 0) is 4.74 Å². The molecule has 0 saturated carbocycles. The first kappa shape index (κ1) is 17.3. The summed E-state index contributed by atoms with van der Waals surface area (Å²) in [5, 5.41) is 3.54. The molecule has 2 unspecified atom stereocenters. The van der Waals surface area contributed by atoms with Gasteiger partial charge in [0.1, 0.15) is 5.60 Å². The van der Waals surface area contributed by atoms with Gasteiger partial charge in [-0.05, 0) is 59.9 Å². The van der Waals surface area contributed by atoms with Crippen molar-refractivity contribution in [2.24, 2.45) is 0 Å². The molecule has 118 valence electrons. The summed E-state index contributed by atoms with van der Waals surface area (Å²) in [6.07, 6.45) is 5.48. The first-order valence-corrected chi connectivity index (χ1v) is 8.06. The summed E-state index contributed by atoms with van der Waals surface area (Å²) in [6, 6.07) is 0.905. The third kappa shape index (κ3) is 6.12. The zero-order chi connectivity index (χ0) is 15.2. The zero-order valence-corrected chi connectivity index (χ0v) is 13.9. The van der Waals surface area contributed by atoms with E-state index in [0.29, 0.717) is 12.1 Å². The van der Waals surface area contributed by atoms with Gasteiger partial charge < -0.3 is 15.0 Å². The summed E-state index contributed by atoms with van der Waals surface area (Å²) in [5.41, 5.74) is -0.405. The number of nitrogens with zero attached hydrogens (tertiary/aromatic N) is 1. The first-order valence-electron chi connectivity index (χ1n) is 8.06. The van der Waals surface area contributed by atoms with E-state index in [1.807, 2.05) is 25.7 Å². The lowest BCUT2D eigenvalue weighted by atomic mass is 10.1. The van der Waals surface area contributed by atoms with Crippen LogP contribution in [0.5, 0.6) is 0 Å². The topological polar surface area (TPSA) is 41.6 Å². The van der Waals surface area contributed by atoms with E-state index in [4.69, 9.17) is 4.74 Å². The van der Waals surface area contributed by atoms with E-state index in [0.717, 1.165) is 32.4 Å². The number of nitrogens with one attached hydrogen (secondary N) is 1. The lowest BCUT2D eigenvalue weighted by molar-refractivity contribution is 0.0220. The highest BCUT2D eigenvalue weighted by atomic mass is 16.6. The fourth-order valence-corrected chi connectivity index (χ4v) is 2.73. The second kappa shape index (κ2) is 7.87. The molecule has 4 nitrogen and oxygen atoms in total. The molecule has 1 N–H and O–H groups in total. The van der Waals surface area contributed by atoms with E-state index in [1.165, 1.54) is 12.8 Å². The summed E-state index contributed by atoms with van der Waals surface area (Å²) < 4.78 is 5.48. The monoisotopic (exact) mass is 284 g/mol. The predicted molar refractivity (Wildman–Crippen MR) is 83.0 cm³/mol. The number of ether oxygens (including phenoxy) is 1. The minimum Gasteiger partial charge on any atom is -0.444 e. The van der Waals surface area contributed by atoms with Crippen LogP contribution in [-0.4, -0.2) is 41.8 Å². The number of hydrogen-bond donors (Lipinski definition) is 1. The van der Waals surface area contributed by atoms with Crippen LogP contribution in [0.1, 0.15) is 66.7 Å². The molecule has 1 aliphatic rings. The minimum absolute atomic E-state index is 0.151. The number of carbonyl (C=O) groups excluding carboxylic acids is 1. The molecule has 1 amide bonds. The second-order valence-electron chi connectivity index (χ2n) is 6.90. The van der Waals surface area contributed by atoms with Crippen LogP contribution < -0.4 is 5.32 Å². The van der Waals surface area contributed by atoms with Crippen molar-refractivity contribution in [1.29, 1.82) is 0 Å². The zero-order valence-electron chi connectivity index (χ0n) is 13.9. The highest BCUT2D eigenvalue weighted by Gasteiger charge is 2.31. The van der Waals surface area contributed by atoms with Gasteiger partial charge in [0.2, 0.25) is 0 Å². The van der Waals surface area contributed by atoms with E-state index < -0.39 is 5.60 Å². The van der Waals surface area contributed by atoms with Crippen LogP contribution in [0, 0.1) is 0 Å². The molecule has 0 radical (unpaired) electrons. The van der Waals surface area contributed by atoms with Crippen LogP contribution >= 0.6 is 0 Å². The van der Waals surface area contributed by atoms with Gasteiger partial charge in [0.25, 0.3) is 0 Å². The van der Waals surface area contributed by atoms with E-state index >= 15 is 0 Å². The Morgan fingerprint density at radius 3 is 2.75 bits per heavy atom. The molecule has 0 aliphatic carbocycles. The Balaban J connectivity index is 2.35. The van der Waals surface area contributed by atoms with Crippen LogP contribution in [0.2, 0.25) is 0 Å². The van der Waals surface area contributed by atoms with Crippen molar-refractivity contribution >= 4 is 6.09 Å². The molecular weight excluding hydrogens is 252 g/mol. The molecular formula is C16H32N2O2. The first-order chi connectivity index (χ1) is 9.33. The highest BCUT2D eigenvalue weighted by molar-refractivity contribution is 5.68. The normalized spacial score (nSPS) is 21.1. The number of likely N-dealkylation sites (tertiary alicyclic amines) is 1. The number of hydrogen-bond acceptors (Lipinski definition) is 3. The van der Waals surface area contributed by atoms with Gasteiger partial charge >= 0.3 is 6.09 Å². The van der Waals surface area contributed by atoms with Gasteiger partial charge in [0, 0.05) is 18.6 Å². The Morgan fingerprint density at radius 1 is 1.45 bits per heavy atom. The van der Waals surface area contributed by atoms with Crippen molar-refractivity contribution in [2.75, 3.05) is 13.1 Å². The van der Waals surface area contributed by atoms with Crippen molar-refractivity contribution in [2.45, 2.75) is 84.4 Å². The van der Waals surface area contributed by atoms with Crippen LogP contribution in [0.15, 0.2) is 0 Å². The Bertz CT molecular complexity index is 299. The average Bonchev–Trinajstić information content (AvgIpc) is 2.75. The summed E-state index contributed by atoms with van der Waals surface area (Å²) in [5.74, 6) is 0. The number of carbonyl (C=O) groups is 1. The van der Waals surface area contributed by atoms with E-state index in [2.05, 4.69) is 19.2 Å². The van der Waals surface area contributed by atoms with Gasteiger partial charge in [-0.3, -0.25) is 0 Å². The molecule has 1 rings (SSSR count). The summed E-state index contributed by atoms with van der Waals surface area (Å²) in [6.45, 7) is 12.0. The van der Waals surface area contributed by atoms with Gasteiger partial charge in [0.15, 0.2) is 0 Å². The van der Waals surface area contributed by atoms with Crippen molar-refractivity contribution in [3.05, 3.63) is 0 Å². The lowest BCUT2D eigenvalue weighted by Gasteiger charge is -2.29. The standard InChI is InChI=1S/C16H32N2O2/c1-6-8-13(2)17-11-10-14-9-7-12-18(14)15(19)20-16(3,4)5/h13-14,17H,6-12H2,1-5H3. The molecule has 4 heteroatoms. The lowest BCUT2D eigenvalue weighted by Crippen LogP contribution is -2.41. The van der Waals surface area contributed by atoms with Crippen LogP contribution in [0.25, 0.3) is 0 Å². The molecule has 20 heavy (non-hydrogen) atoms. The fraction of sp³-hybridized carbons (Fsp3) is 0.938. The van der Waals surface area contributed by atoms with E-state index in [-0.39, 0.29) is 6.09 Å². The molecule has 1 aliphatic heterocycles. The fourth-order valence-electron chi connectivity index (χ4n) is 2.73. The minimum atomic E-state index is -0.405. The van der Waals surface area contributed by atoms with Crippen molar-refractivity contribution in [3.8, 4) is 0 Å². The maximum Gasteiger partial charge on any atom is 0.410 e. The average molecular weight is 284 g/mol. The second-order valence-corrected chi connectivity index (χ2v) is 6.90. The van der Waals surface area contributed by atoms with Gasteiger partial charge in [0.05, 0.1) is 0 Å². The van der Waals surface area contributed by atoms with Gasteiger partial charge in [-0.2, -0.15) is 0 Å². The molecule has 0 aromatic heterocycles. The molecule has 1 heterocycles. The molecule has 0 spiro atoms. The Kier molecular flexibility index (Phi) is 6.80. The quantitative estimate of drug-likeness (QED) is 0.811. The summed E-state index contributed by atoms with van der Waals surface area (Å²) >= 11 is 0. The SMILES string of the molecule is CCCC(C)NCCC1CCCN1C(=O)OC(C)(C)C. The molecule has 1 saturated heterocycles. The van der Waals surface area contributed by atoms with Gasteiger partial charge in [-0.1, -0.05) is 13.3 Å². The summed E-state index contributed by atoms with van der Waals surface area (Å²) in [7, 11) is 0. The molecule has 2 atom stereocenters. The Labute approximate surface area is 124 Å².